The van der Waals surface area contributed by atoms with Crippen LogP contribution >= 0.6 is 0 Å². The highest BCUT2D eigenvalue weighted by Crippen LogP contribution is 2.39. The first kappa shape index (κ1) is 18.4. The Hall–Kier alpha value is -2.96. The first-order chi connectivity index (χ1) is 13.5. The average Bonchev–Trinajstić information content (AvgIpc) is 3.31. The standard InChI is InChI=1S/C21H24N2O5/c1-12-18(21(25)26-3)13(2)22-19(12)20(24)23-8-4-5-15(23)14-6-7-16-17(11-14)28-10-9-27-16/h6-7,11,15,22H,4-5,8-10H2,1-3H3/t15-/m1/s1. The topological polar surface area (TPSA) is 80.9 Å². The number of amides is 1. The smallest absolute Gasteiger partial charge is 0.339 e. The minimum atomic E-state index is -0.435. The molecule has 1 atom stereocenters. The van der Waals surface area contributed by atoms with Gasteiger partial charge in [0.25, 0.3) is 5.91 Å². The van der Waals surface area contributed by atoms with Gasteiger partial charge in [-0.05, 0) is 49.9 Å². The van der Waals surface area contributed by atoms with Gasteiger partial charge in [-0.15, -0.1) is 0 Å². The molecule has 7 nitrogen and oxygen atoms in total. The highest BCUT2D eigenvalue weighted by Gasteiger charge is 2.34. The molecule has 1 aromatic carbocycles. The predicted molar refractivity (Wildman–Crippen MR) is 102 cm³/mol. The lowest BCUT2D eigenvalue weighted by atomic mass is 10.0. The number of aromatic amines is 1. The van der Waals surface area contributed by atoms with Gasteiger partial charge in [-0.2, -0.15) is 0 Å². The van der Waals surface area contributed by atoms with Crippen molar-refractivity contribution >= 4 is 11.9 Å². The molecular formula is C21H24N2O5. The van der Waals surface area contributed by atoms with Gasteiger partial charge in [0.15, 0.2) is 11.5 Å². The van der Waals surface area contributed by atoms with Crippen LogP contribution in [0.4, 0.5) is 0 Å². The summed E-state index contributed by atoms with van der Waals surface area (Å²) in [5.41, 5.74) is 3.18. The lowest BCUT2D eigenvalue weighted by Crippen LogP contribution is -2.31. The maximum absolute atomic E-state index is 13.3. The molecule has 1 fully saturated rings. The number of rotatable bonds is 3. The minimum Gasteiger partial charge on any atom is -0.486 e. The summed E-state index contributed by atoms with van der Waals surface area (Å²) in [6.07, 6.45) is 1.81. The van der Waals surface area contributed by atoms with Gasteiger partial charge in [0.1, 0.15) is 18.9 Å². The van der Waals surface area contributed by atoms with Crippen molar-refractivity contribution in [1.29, 1.82) is 0 Å². The van der Waals surface area contributed by atoms with Crippen molar-refractivity contribution in [1.82, 2.24) is 9.88 Å². The fraction of sp³-hybridized carbons (Fsp3) is 0.429. The van der Waals surface area contributed by atoms with Crippen LogP contribution in [0.5, 0.6) is 11.5 Å². The van der Waals surface area contributed by atoms with E-state index >= 15 is 0 Å². The van der Waals surface area contributed by atoms with Crippen molar-refractivity contribution < 1.29 is 23.8 Å². The number of H-pyrrole nitrogens is 1. The highest BCUT2D eigenvalue weighted by molar-refractivity contribution is 6.00. The number of aryl methyl sites for hydroxylation is 1. The third-order valence-corrected chi connectivity index (χ3v) is 5.51. The molecule has 1 amide bonds. The van der Waals surface area contributed by atoms with Gasteiger partial charge in [-0.25, -0.2) is 4.79 Å². The van der Waals surface area contributed by atoms with Crippen LogP contribution in [0.3, 0.4) is 0 Å². The van der Waals surface area contributed by atoms with Gasteiger partial charge in [-0.1, -0.05) is 6.07 Å². The number of methoxy groups -OCH3 is 1. The van der Waals surface area contributed by atoms with Crippen molar-refractivity contribution in [3.63, 3.8) is 0 Å². The van der Waals surface area contributed by atoms with E-state index in [1.54, 1.807) is 13.8 Å². The molecule has 0 spiro atoms. The Morgan fingerprint density at radius 1 is 1.18 bits per heavy atom. The second-order valence-corrected chi connectivity index (χ2v) is 7.18. The molecule has 0 radical (unpaired) electrons. The van der Waals surface area contributed by atoms with Crippen LogP contribution in [0.15, 0.2) is 18.2 Å². The molecule has 1 saturated heterocycles. The number of nitrogens with one attached hydrogen (secondary N) is 1. The molecule has 2 aliphatic heterocycles. The van der Waals surface area contributed by atoms with Crippen molar-refractivity contribution in [3.8, 4) is 11.5 Å². The third-order valence-electron chi connectivity index (χ3n) is 5.51. The van der Waals surface area contributed by atoms with E-state index in [-0.39, 0.29) is 11.9 Å². The molecule has 1 N–H and O–H groups in total. The van der Waals surface area contributed by atoms with E-state index < -0.39 is 5.97 Å². The lowest BCUT2D eigenvalue weighted by molar-refractivity contribution is 0.0599. The van der Waals surface area contributed by atoms with Gasteiger partial charge < -0.3 is 24.1 Å². The molecule has 148 valence electrons. The van der Waals surface area contributed by atoms with Crippen LogP contribution in [0, 0.1) is 13.8 Å². The normalized spacial score (nSPS) is 18.2. The summed E-state index contributed by atoms with van der Waals surface area (Å²) in [6, 6.07) is 5.84. The summed E-state index contributed by atoms with van der Waals surface area (Å²) in [7, 11) is 1.34. The molecule has 2 aromatic rings. The minimum absolute atomic E-state index is 0.0343. The van der Waals surface area contributed by atoms with Crippen molar-refractivity contribution in [2.75, 3.05) is 26.9 Å². The number of benzene rings is 1. The Bertz CT molecular complexity index is 933. The molecule has 2 aliphatic rings. The molecule has 0 saturated carbocycles. The van der Waals surface area contributed by atoms with Gasteiger partial charge in [0.05, 0.1) is 18.7 Å². The summed E-state index contributed by atoms with van der Waals surface area (Å²) in [5, 5.41) is 0. The van der Waals surface area contributed by atoms with E-state index in [2.05, 4.69) is 4.98 Å². The molecule has 7 heteroatoms. The Labute approximate surface area is 163 Å². The molecule has 1 aromatic heterocycles. The summed E-state index contributed by atoms with van der Waals surface area (Å²) < 4.78 is 16.1. The molecule has 0 bridgehead atoms. The molecule has 0 unspecified atom stereocenters. The largest absolute Gasteiger partial charge is 0.486 e. The number of esters is 1. The maximum Gasteiger partial charge on any atom is 0.339 e. The van der Waals surface area contributed by atoms with Crippen molar-refractivity contribution in [3.05, 3.63) is 46.3 Å². The molecular weight excluding hydrogens is 360 g/mol. The number of carbonyl (C=O) groups is 2. The first-order valence-corrected chi connectivity index (χ1v) is 9.49. The summed E-state index contributed by atoms with van der Waals surface area (Å²) >= 11 is 0. The first-order valence-electron chi connectivity index (χ1n) is 9.49. The monoisotopic (exact) mass is 384 g/mol. The van der Waals surface area contributed by atoms with E-state index in [1.807, 2.05) is 23.1 Å². The van der Waals surface area contributed by atoms with Crippen molar-refractivity contribution in [2.45, 2.75) is 32.7 Å². The zero-order chi connectivity index (χ0) is 19.8. The van der Waals surface area contributed by atoms with Crippen LogP contribution in [-0.2, 0) is 4.74 Å². The second kappa shape index (κ2) is 7.22. The number of fused-ring (bicyclic) bond motifs is 1. The van der Waals surface area contributed by atoms with Crippen molar-refractivity contribution in [2.24, 2.45) is 0 Å². The average molecular weight is 384 g/mol. The maximum atomic E-state index is 13.3. The molecule has 0 aliphatic carbocycles. The summed E-state index contributed by atoms with van der Waals surface area (Å²) in [6.45, 7) is 5.30. The zero-order valence-electron chi connectivity index (χ0n) is 16.3. The van der Waals surface area contributed by atoms with Crippen LogP contribution in [0.2, 0.25) is 0 Å². The van der Waals surface area contributed by atoms with Gasteiger partial charge in [0, 0.05) is 12.2 Å². The van der Waals surface area contributed by atoms with E-state index in [4.69, 9.17) is 14.2 Å². The Morgan fingerprint density at radius 3 is 2.68 bits per heavy atom. The molecule has 28 heavy (non-hydrogen) atoms. The van der Waals surface area contributed by atoms with Gasteiger partial charge >= 0.3 is 5.97 Å². The van der Waals surface area contributed by atoms with Crippen LogP contribution in [-0.4, -0.2) is 48.6 Å². The van der Waals surface area contributed by atoms with Crippen LogP contribution in [0.1, 0.15) is 56.6 Å². The van der Waals surface area contributed by atoms with Crippen LogP contribution < -0.4 is 9.47 Å². The van der Waals surface area contributed by atoms with Gasteiger partial charge in [0.2, 0.25) is 0 Å². The summed E-state index contributed by atoms with van der Waals surface area (Å²) in [4.78, 5) is 30.3. The number of carbonyl (C=O) groups excluding carboxylic acids is 2. The zero-order valence-corrected chi connectivity index (χ0v) is 16.3. The summed E-state index contributed by atoms with van der Waals surface area (Å²) in [5.74, 6) is 0.926. The SMILES string of the molecule is COC(=O)c1c(C)[nH]c(C(=O)N2CCC[C@@H]2c2ccc3c(c2)OCCO3)c1C. The third kappa shape index (κ3) is 3.00. The number of aromatic nitrogens is 1. The predicted octanol–water partition coefficient (Wildman–Crippen LogP) is 3.17. The van der Waals surface area contributed by atoms with E-state index in [1.165, 1.54) is 7.11 Å². The number of ether oxygens (including phenoxy) is 3. The fourth-order valence-electron chi connectivity index (χ4n) is 4.14. The number of hydrogen-bond acceptors (Lipinski definition) is 5. The number of nitrogens with zero attached hydrogens (tertiary/aromatic N) is 1. The van der Waals surface area contributed by atoms with E-state index in [0.29, 0.717) is 42.3 Å². The lowest BCUT2D eigenvalue weighted by Gasteiger charge is -2.26. The van der Waals surface area contributed by atoms with E-state index in [9.17, 15) is 9.59 Å². The molecule has 3 heterocycles. The Kier molecular flexibility index (Phi) is 4.75. The molecule has 4 rings (SSSR count). The van der Waals surface area contributed by atoms with E-state index in [0.717, 1.165) is 29.9 Å². The quantitative estimate of drug-likeness (QED) is 0.822. The Morgan fingerprint density at radius 2 is 1.93 bits per heavy atom. The fourth-order valence-corrected chi connectivity index (χ4v) is 4.14. The Balaban J connectivity index is 1.64. The van der Waals surface area contributed by atoms with Gasteiger partial charge in [-0.3, -0.25) is 4.79 Å². The second-order valence-electron chi connectivity index (χ2n) is 7.18. The number of hydrogen-bond donors (Lipinski definition) is 1. The van der Waals surface area contributed by atoms with Crippen LogP contribution in [0.25, 0.3) is 0 Å². The highest BCUT2D eigenvalue weighted by atomic mass is 16.6. The number of likely N-dealkylation sites (tertiary alicyclic amines) is 1.